The number of methoxy groups -OCH3 is 1. The fourth-order valence-corrected chi connectivity index (χ4v) is 4.39. The molecule has 0 spiro atoms. The highest BCUT2D eigenvalue weighted by atomic mass is 32.2. The van der Waals surface area contributed by atoms with Gasteiger partial charge in [0.15, 0.2) is 9.84 Å². The van der Waals surface area contributed by atoms with E-state index >= 15 is 0 Å². The molecule has 2 aromatic rings. The van der Waals surface area contributed by atoms with Crippen LogP contribution in [-0.2, 0) is 22.8 Å². The second-order valence-corrected chi connectivity index (χ2v) is 7.85. The Morgan fingerprint density at radius 3 is 2.62 bits per heavy atom. The van der Waals surface area contributed by atoms with Gasteiger partial charge in [0.25, 0.3) is 5.91 Å². The number of hydrogen-bond acceptors (Lipinski definition) is 4. The zero-order valence-corrected chi connectivity index (χ0v) is 14.2. The Morgan fingerprint density at radius 1 is 1.17 bits per heavy atom. The quantitative estimate of drug-likeness (QED) is 0.923. The number of rotatable bonds is 4. The van der Waals surface area contributed by atoms with Crippen molar-refractivity contribution in [1.29, 1.82) is 0 Å². The van der Waals surface area contributed by atoms with Gasteiger partial charge in [-0.1, -0.05) is 12.1 Å². The van der Waals surface area contributed by atoms with Crippen LogP contribution >= 0.6 is 0 Å². The molecule has 1 aliphatic rings. The van der Waals surface area contributed by atoms with Crippen molar-refractivity contribution in [3.8, 4) is 5.75 Å². The van der Waals surface area contributed by atoms with Gasteiger partial charge in [-0.05, 0) is 54.3 Å². The molecule has 126 valence electrons. The number of aryl methyl sites for hydroxylation is 1. The number of carbonyl (C=O) groups excluding carboxylic acids is 1. The molecular formula is C18H19NO4S. The van der Waals surface area contributed by atoms with Crippen LogP contribution in [0.3, 0.4) is 0 Å². The highest BCUT2D eigenvalue weighted by Gasteiger charge is 2.24. The van der Waals surface area contributed by atoms with E-state index in [2.05, 4.69) is 5.32 Å². The summed E-state index contributed by atoms with van der Waals surface area (Å²) in [4.78, 5) is 12.7. The van der Waals surface area contributed by atoms with Gasteiger partial charge in [-0.2, -0.15) is 0 Å². The molecule has 0 saturated heterocycles. The summed E-state index contributed by atoms with van der Waals surface area (Å²) >= 11 is 0. The van der Waals surface area contributed by atoms with Crippen LogP contribution in [0.1, 0.15) is 27.9 Å². The van der Waals surface area contributed by atoms with Crippen LogP contribution in [0, 0.1) is 0 Å². The Balaban J connectivity index is 1.71. The zero-order chi connectivity index (χ0) is 17.2. The van der Waals surface area contributed by atoms with Gasteiger partial charge in [-0.15, -0.1) is 0 Å². The van der Waals surface area contributed by atoms with E-state index in [9.17, 15) is 13.2 Å². The molecule has 0 unspecified atom stereocenters. The lowest BCUT2D eigenvalue weighted by Crippen LogP contribution is -2.24. The van der Waals surface area contributed by atoms with Crippen molar-refractivity contribution < 1.29 is 17.9 Å². The summed E-state index contributed by atoms with van der Waals surface area (Å²) in [6.07, 6.45) is 1.29. The first-order chi connectivity index (χ1) is 11.5. The van der Waals surface area contributed by atoms with E-state index in [-0.39, 0.29) is 11.7 Å². The van der Waals surface area contributed by atoms with Crippen molar-refractivity contribution in [3.63, 3.8) is 0 Å². The number of nitrogens with one attached hydrogen (secondary N) is 1. The summed E-state index contributed by atoms with van der Waals surface area (Å²) in [6.45, 7) is 0.401. The van der Waals surface area contributed by atoms with Gasteiger partial charge >= 0.3 is 0 Å². The summed E-state index contributed by atoms with van der Waals surface area (Å²) in [7, 11) is -1.59. The number of benzene rings is 2. The normalized spacial score (nSPS) is 15.4. The van der Waals surface area contributed by atoms with E-state index < -0.39 is 9.84 Å². The molecule has 6 heteroatoms. The SMILES string of the molecule is COc1ccc(CNC(=O)c2ccc3c(c2)CCCS3(=O)=O)cc1. The number of sulfone groups is 1. The first-order valence-corrected chi connectivity index (χ1v) is 9.41. The Kier molecular flexibility index (Phi) is 4.57. The molecule has 0 bridgehead atoms. The van der Waals surface area contributed by atoms with Crippen molar-refractivity contribution in [3.05, 3.63) is 59.2 Å². The molecule has 5 nitrogen and oxygen atoms in total. The fraction of sp³-hybridized carbons (Fsp3) is 0.278. The molecule has 0 aromatic heterocycles. The lowest BCUT2D eigenvalue weighted by Gasteiger charge is -2.17. The average molecular weight is 345 g/mol. The standard InChI is InChI=1S/C18H19NO4S/c1-23-16-7-4-13(5-8-16)12-19-18(20)15-6-9-17-14(11-15)3-2-10-24(17,21)22/h4-9,11H,2-3,10,12H2,1H3,(H,19,20). The molecule has 0 radical (unpaired) electrons. The molecule has 1 aliphatic heterocycles. The molecular weight excluding hydrogens is 326 g/mol. The molecule has 0 saturated carbocycles. The average Bonchev–Trinajstić information content (AvgIpc) is 2.59. The van der Waals surface area contributed by atoms with Gasteiger partial charge in [-0.25, -0.2) is 8.42 Å². The van der Waals surface area contributed by atoms with Crippen molar-refractivity contribution in [2.24, 2.45) is 0 Å². The van der Waals surface area contributed by atoms with Crippen molar-refractivity contribution in [2.45, 2.75) is 24.3 Å². The highest BCUT2D eigenvalue weighted by molar-refractivity contribution is 7.91. The second kappa shape index (κ2) is 6.65. The Labute approximate surface area is 141 Å². The van der Waals surface area contributed by atoms with E-state index in [0.29, 0.717) is 29.8 Å². The summed E-state index contributed by atoms with van der Waals surface area (Å²) in [5.74, 6) is 0.737. The molecule has 1 N–H and O–H groups in total. The van der Waals surface area contributed by atoms with Crippen LogP contribution in [0.15, 0.2) is 47.4 Å². The predicted molar refractivity (Wildman–Crippen MR) is 91.0 cm³/mol. The van der Waals surface area contributed by atoms with Gasteiger partial charge in [0.2, 0.25) is 0 Å². The second-order valence-electron chi connectivity index (χ2n) is 5.78. The van der Waals surface area contributed by atoms with Crippen LogP contribution in [0.25, 0.3) is 0 Å². The number of hydrogen-bond donors (Lipinski definition) is 1. The van der Waals surface area contributed by atoms with E-state index in [1.807, 2.05) is 24.3 Å². The minimum Gasteiger partial charge on any atom is -0.497 e. The third-order valence-electron chi connectivity index (χ3n) is 4.13. The maximum atomic E-state index is 12.3. The topological polar surface area (TPSA) is 72.5 Å². The van der Waals surface area contributed by atoms with Crippen LogP contribution < -0.4 is 10.1 Å². The van der Waals surface area contributed by atoms with Gasteiger partial charge in [-0.3, -0.25) is 4.79 Å². The van der Waals surface area contributed by atoms with Crippen molar-refractivity contribution in [1.82, 2.24) is 5.32 Å². The van der Waals surface area contributed by atoms with Crippen LogP contribution in [0.2, 0.25) is 0 Å². The Bertz CT molecular complexity index is 857. The van der Waals surface area contributed by atoms with E-state index in [4.69, 9.17) is 4.74 Å². The maximum Gasteiger partial charge on any atom is 0.251 e. The van der Waals surface area contributed by atoms with Gasteiger partial charge in [0, 0.05) is 12.1 Å². The zero-order valence-electron chi connectivity index (χ0n) is 13.4. The molecule has 1 amide bonds. The largest absolute Gasteiger partial charge is 0.497 e. The van der Waals surface area contributed by atoms with Crippen LogP contribution in [0.5, 0.6) is 5.75 Å². The molecule has 24 heavy (non-hydrogen) atoms. The minimum absolute atomic E-state index is 0.184. The Hall–Kier alpha value is -2.34. The number of amides is 1. The van der Waals surface area contributed by atoms with Gasteiger partial charge < -0.3 is 10.1 Å². The molecule has 0 atom stereocenters. The third-order valence-corrected chi connectivity index (χ3v) is 6.02. The van der Waals surface area contributed by atoms with Crippen molar-refractivity contribution >= 4 is 15.7 Å². The summed E-state index contributed by atoms with van der Waals surface area (Å²) < 4.78 is 29.1. The molecule has 3 rings (SSSR count). The first kappa shape index (κ1) is 16.5. The lowest BCUT2D eigenvalue weighted by atomic mass is 10.1. The van der Waals surface area contributed by atoms with Crippen LogP contribution in [-0.4, -0.2) is 27.2 Å². The number of ether oxygens (including phenoxy) is 1. The van der Waals surface area contributed by atoms with E-state index in [0.717, 1.165) is 16.9 Å². The first-order valence-electron chi connectivity index (χ1n) is 7.76. The van der Waals surface area contributed by atoms with E-state index in [1.165, 1.54) is 0 Å². The van der Waals surface area contributed by atoms with Gasteiger partial charge in [0.1, 0.15) is 5.75 Å². The highest BCUT2D eigenvalue weighted by Crippen LogP contribution is 2.25. The van der Waals surface area contributed by atoms with E-state index in [1.54, 1.807) is 25.3 Å². The van der Waals surface area contributed by atoms with Crippen molar-refractivity contribution in [2.75, 3.05) is 12.9 Å². The number of carbonyl (C=O) groups is 1. The summed E-state index contributed by atoms with van der Waals surface area (Å²) in [5, 5.41) is 2.85. The maximum absolute atomic E-state index is 12.3. The third kappa shape index (κ3) is 3.43. The number of fused-ring (bicyclic) bond motifs is 1. The fourth-order valence-electron chi connectivity index (χ4n) is 2.81. The predicted octanol–water partition coefficient (Wildman–Crippen LogP) is 2.35. The molecule has 1 heterocycles. The van der Waals surface area contributed by atoms with Gasteiger partial charge in [0.05, 0.1) is 17.8 Å². The Morgan fingerprint density at radius 2 is 1.92 bits per heavy atom. The monoisotopic (exact) mass is 345 g/mol. The molecule has 2 aromatic carbocycles. The lowest BCUT2D eigenvalue weighted by molar-refractivity contribution is 0.0950. The summed E-state index contributed by atoms with van der Waals surface area (Å²) in [5.41, 5.74) is 2.18. The molecule has 0 fully saturated rings. The minimum atomic E-state index is -3.19. The smallest absolute Gasteiger partial charge is 0.251 e. The summed E-state index contributed by atoms with van der Waals surface area (Å²) in [6, 6.07) is 12.3. The van der Waals surface area contributed by atoms with Crippen LogP contribution in [0.4, 0.5) is 0 Å². The molecule has 0 aliphatic carbocycles.